The monoisotopic (exact) mass is 488 g/mol. The molecule has 1 fully saturated rings. The van der Waals surface area contributed by atoms with Crippen molar-refractivity contribution in [3.8, 4) is 5.75 Å². The molecule has 0 aliphatic carbocycles. The third-order valence-electron chi connectivity index (χ3n) is 5.95. The van der Waals surface area contributed by atoms with Gasteiger partial charge in [-0.05, 0) is 41.4 Å². The van der Waals surface area contributed by atoms with Crippen LogP contribution < -0.4 is 15.0 Å². The summed E-state index contributed by atoms with van der Waals surface area (Å²) in [6.45, 7) is 1.95. The van der Waals surface area contributed by atoms with E-state index in [-0.39, 0.29) is 6.10 Å². The van der Waals surface area contributed by atoms with Gasteiger partial charge in [-0.1, -0.05) is 42.5 Å². The molecular formula is C26H27F3N2O4. The number of nitrogens with zero attached hydrogens (tertiary/aromatic N) is 1. The van der Waals surface area contributed by atoms with Gasteiger partial charge in [-0.2, -0.15) is 13.2 Å². The average molecular weight is 489 g/mol. The van der Waals surface area contributed by atoms with E-state index in [1.165, 1.54) is 28.5 Å². The molecule has 1 aliphatic rings. The molecule has 0 radical (unpaired) electrons. The number of hydrogen-bond donors (Lipinski definition) is 2. The van der Waals surface area contributed by atoms with Gasteiger partial charge < -0.3 is 24.8 Å². The Morgan fingerprint density at radius 3 is 2.74 bits per heavy atom. The Morgan fingerprint density at radius 1 is 1.14 bits per heavy atom. The molecule has 1 atom stereocenters. The molecule has 186 valence electrons. The molecule has 3 aromatic rings. The van der Waals surface area contributed by atoms with Crippen LogP contribution in [-0.2, 0) is 22.1 Å². The fourth-order valence-electron chi connectivity index (χ4n) is 4.27. The minimum atomic E-state index is -4.64. The van der Waals surface area contributed by atoms with E-state index in [1.807, 2.05) is 17.0 Å². The van der Waals surface area contributed by atoms with Crippen LogP contribution in [0.1, 0.15) is 11.1 Å². The fraction of sp³-hybridized carbons (Fsp3) is 0.346. The van der Waals surface area contributed by atoms with Crippen LogP contribution in [0, 0.1) is 0 Å². The zero-order valence-corrected chi connectivity index (χ0v) is 19.1. The maximum absolute atomic E-state index is 13.3. The topological polar surface area (TPSA) is 71.0 Å². The van der Waals surface area contributed by atoms with E-state index >= 15 is 0 Å². The average Bonchev–Trinajstić information content (AvgIpc) is 2.85. The number of anilines is 1. The van der Waals surface area contributed by atoms with Crippen molar-refractivity contribution < 1.29 is 32.5 Å². The molecule has 9 heteroatoms. The van der Waals surface area contributed by atoms with Crippen molar-refractivity contribution in [2.45, 2.75) is 18.7 Å². The molecule has 6 nitrogen and oxygen atoms in total. The second kappa shape index (κ2) is 11.0. The normalized spacial score (nSPS) is 16.4. The van der Waals surface area contributed by atoms with Crippen LogP contribution in [0.5, 0.6) is 5.75 Å². The first-order valence-electron chi connectivity index (χ1n) is 11.4. The van der Waals surface area contributed by atoms with E-state index in [0.717, 1.165) is 19.0 Å². The predicted molar refractivity (Wildman–Crippen MR) is 127 cm³/mol. The Hall–Kier alpha value is -3.30. The minimum Gasteiger partial charge on any atom is -0.481 e. The molecule has 3 aromatic carbocycles. The van der Waals surface area contributed by atoms with E-state index in [1.54, 1.807) is 0 Å². The number of ether oxygens (including phenoxy) is 2. The van der Waals surface area contributed by atoms with Gasteiger partial charge in [-0.3, -0.25) is 0 Å². The highest BCUT2D eigenvalue weighted by Gasteiger charge is 2.35. The van der Waals surface area contributed by atoms with Gasteiger partial charge in [0, 0.05) is 31.4 Å². The number of nitrogens with one attached hydrogen (secondary N) is 1. The Labute approximate surface area is 201 Å². The molecule has 1 saturated heterocycles. The molecule has 4 rings (SSSR count). The second-order valence-electron chi connectivity index (χ2n) is 8.39. The van der Waals surface area contributed by atoms with Crippen molar-refractivity contribution >= 4 is 22.4 Å². The summed E-state index contributed by atoms with van der Waals surface area (Å²) in [4.78, 5) is 12.7. The lowest BCUT2D eigenvalue weighted by atomic mass is 10.0. The number of halogens is 3. The van der Waals surface area contributed by atoms with E-state index in [2.05, 4.69) is 35.6 Å². The molecule has 35 heavy (non-hydrogen) atoms. The smallest absolute Gasteiger partial charge is 0.419 e. The third-order valence-corrected chi connectivity index (χ3v) is 5.95. The van der Waals surface area contributed by atoms with Crippen LogP contribution in [0.25, 0.3) is 10.8 Å². The highest BCUT2D eigenvalue weighted by molar-refractivity contribution is 5.85. The Kier molecular flexibility index (Phi) is 7.77. The molecule has 1 unspecified atom stereocenters. The number of fused-ring (bicyclic) bond motifs is 1. The lowest BCUT2D eigenvalue weighted by molar-refractivity contribution is -0.143. The van der Waals surface area contributed by atoms with Gasteiger partial charge in [0.2, 0.25) is 0 Å². The first kappa shape index (κ1) is 24.8. The highest BCUT2D eigenvalue weighted by atomic mass is 19.4. The van der Waals surface area contributed by atoms with Crippen molar-refractivity contribution in [3.05, 3.63) is 71.8 Å². The Bertz CT molecular complexity index is 1160. The van der Waals surface area contributed by atoms with E-state index in [9.17, 15) is 18.0 Å². The molecule has 2 N–H and O–H groups in total. The van der Waals surface area contributed by atoms with Gasteiger partial charge in [-0.15, -0.1) is 0 Å². The fourth-order valence-corrected chi connectivity index (χ4v) is 4.27. The van der Waals surface area contributed by atoms with Crippen LogP contribution in [0.4, 0.5) is 18.9 Å². The zero-order chi connectivity index (χ0) is 24.8. The molecule has 1 heterocycles. The molecule has 0 bridgehead atoms. The summed E-state index contributed by atoms with van der Waals surface area (Å²) < 4.78 is 50.8. The summed E-state index contributed by atoms with van der Waals surface area (Å²) in [5, 5.41) is 14.7. The van der Waals surface area contributed by atoms with Crippen molar-refractivity contribution in [2.24, 2.45) is 0 Å². The largest absolute Gasteiger partial charge is 0.481 e. The summed E-state index contributed by atoms with van der Waals surface area (Å²) in [5.74, 6) is -1.84. The zero-order valence-electron chi connectivity index (χ0n) is 19.1. The van der Waals surface area contributed by atoms with Gasteiger partial charge in [0.05, 0.1) is 18.3 Å². The molecular weight excluding hydrogens is 461 g/mol. The van der Waals surface area contributed by atoms with Crippen molar-refractivity contribution in [2.75, 3.05) is 44.3 Å². The van der Waals surface area contributed by atoms with Crippen LogP contribution in [0.2, 0.25) is 0 Å². The van der Waals surface area contributed by atoms with E-state index in [4.69, 9.17) is 14.6 Å². The molecule has 1 aliphatic heterocycles. The summed E-state index contributed by atoms with van der Waals surface area (Å²) in [7, 11) is 0. The van der Waals surface area contributed by atoms with Crippen LogP contribution in [-0.4, -0.2) is 56.6 Å². The summed E-state index contributed by atoms with van der Waals surface area (Å²) in [6, 6.07) is 18.1. The van der Waals surface area contributed by atoms with E-state index < -0.39 is 30.1 Å². The molecule has 0 spiro atoms. The summed E-state index contributed by atoms with van der Waals surface area (Å²) >= 11 is 0. The van der Waals surface area contributed by atoms with E-state index in [0.29, 0.717) is 31.9 Å². The Morgan fingerprint density at radius 2 is 1.94 bits per heavy atom. The van der Waals surface area contributed by atoms with Crippen molar-refractivity contribution in [1.82, 2.24) is 5.32 Å². The first-order valence-corrected chi connectivity index (χ1v) is 11.4. The van der Waals surface area contributed by atoms with Gasteiger partial charge in [0.15, 0.2) is 6.61 Å². The molecule has 0 amide bonds. The predicted octanol–water partition coefficient (Wildman–Crippen LogP) is 4.36. The number of alkyl halides is 3. The lowest BCUT2D eigenvalue weighted by Gasteiger charge is -2.35. The van der Waals surface area contributed by atoms with Crippen LogP contribution in [0.3, 0.4) is 0 Å². The number of carboxylic acid groups (broad SMARTS) is 1. The van der Waals surface area contributed by atoms with Gasteiger partial charge >= 0.3 is 12.1 Å². The Balaban J connectivity index is 1.35. The number of hydrogen-bond acceptors (Lipinski definition) is 5. The van der Waals surface area contributed by atoms with Crippen molar-refractivity contribution in [1.29, 1.82) is 0 Å². The number of rotatable bonds is 9. The highest BCUT2D eigenvalue weighted by Crippen LogP contribution is 2.38. The molecule has 0 aromatic heterocycles. The van der Waals surface area contributed by atoms with Crippen LogP contribution in [0.15, 0.2) is 60.7 Å². The number of carboxylic acids is 1. The maximum atomic E-state index is 13.3. The third kappa shape index (κ3) is 6.43. The van der Waals surface area contributed by atoms with Crippen LogP contribution >= 0.6 is 0 Å². The second-order valence-corrected chi connectivity index (χ2v) is 8.39. The van der Waals surface area contributed by atoms with Gasteiger partial charge in [0.1, 0.15) is 5.75 Å². The number of carbonyl (C=O) groups is 1. The van der Waals surface area contributed by atoms with Crippen molar-refractivity contribution in [3.63, 3.8) is 0 Å². The number of benzene rings is 3. The standard InChI is InChI=1S/C26H27F3N2O4/c27-26(28,29)23-9-8-20(14-24(23)35-17-25(32)33)31-12-13-34-21(16-31)15-30-11-10-19-6-3-5-18-4-1-2-7-22(18)19/h1-9,14,21,30H,10-13,15-17H2,(H,32,33). The number of aliphatic carboxylic acids is 1. The number of morpholine rings is 1. The first-order chi connectivity index (χ1) is 16.8. The maximum Gasteiger partial charge on any atom is 0.419 e. The quantitative estimate of drug-likeness (QED) is 0.436. The molecule has 0 saturated carbocycles. The minimum absolute atomic E-state index is 0.137. The van der Waals surface area contributed by atoms with Gasteiger partial charge in [0.25, 0.3) is 0 Å². The summed E-state index contributed by atoms with van der Waals surface area (Å²) in [6.07, 6.45) is -3.92. The SMILES string of the molecule is O=C(O)COc1cc(N2CCOC(CNCCc3cccc4ccccc34)C2)ccc1C(F)(F)F. The lowest BCUT2D eigenvalue weighted by Crippen LogP contribution is -2.47. The van der Waals surface area contributed by atoms with Gasteiger partial charge in [-0.25, -0.2) is 4.79 Å². The summed E-state index contributed by atoms with van der Waals surface area (Å²) in [5.41, 5.74) is 0.797.